The van der Waals surface area contributed by atoms with E-state index in [1.54, 1.807) is 5.57 Å². The number of allylic oxidation sites excluding steroid dienone is 9. The van der Waals surface area contributed by atoms with Gasteiger partial charge in [-0.25, -0.2) is 0 Å². The predicted octanol–water partition coefficient (Wildman–Crippen LogP) is 8.04. The zero-order valence-corrected chi connectivity index (χ0v) is 19.2. The third kappa shape index (κ3) is 8.03. The Balaban J connectivity index is 1.82. The molecule has 0 saturated heterocycles. The van der Waals surface area contributed by atoms with Crippen LogP contribution in [0.2, 0.25) is 0 Å². The predicted molar refractivity (Wildman–Crippen MR) is 127 cm³/mol. The highest BCUT2D eigenvalue weighted by Crippen LogP contribution is 2.40. The lowest BCUT2D eigenvalue weighted by molar-refractivity contribution is 0.148. The van der Waals surface area contributed by atoms with Gasteiger partial charge >= 0.3 is 0 Å². The molecule has 1 nitrogen and oxygen atoms in total. The summed E-state index contributed by atoms with van der Waals surface area (Å²) in [4.78, 5) is 0. The molecule has 1 aliphatic rings. The molecule has 0 fully saturated rings. The molecule has 0 unspecified atom stereocenters. The van der Waals surface area contributed by atoms with Crippen LogP contribution in [0.5, 0.6) is 0 Å². The highest BCUT2D eigenvalue weighted by atomic mass is 16.5. The third-order valence-corrected chi connectivity index (χ3v) is 5.69. The number of rotatable bonds is 8. The summed E-state index contributed by atoms with van der Waals surface area (Å²) in [5.41, 5.74) is 8.34. The highest BCUT2D eigenvalue weighted by molar-refractivity contribution is 5.37. The van der Waals surface area contributed by atoms with Crippen molar-refractivity contribution in [1.82, 2.24) is 0 Å². The summed E-state index contributed by atoms with van der Waals surface area (Å²) >= 11 is 0. The molecule has 0 amide bonds. The molecule has 0 N–H and O–H groups in total. The van der Waals surface area contributed by atoms with Gasteiger partial charge in [0.05, 0.1) is 13.2 Å². The quantitative estimate of drug-likeness (QED) is 0.322. The van der Waals surface area contributed by atoms with Crippen molar-refractivity contribution in [3.8, 4) is 0 Å². The Morgan fingerprint density at radius 1 is 1.03 bits per heavy atom. The summed E-state index contributed by atoms with van der Waals surface area (Å²) in [7, 11) is 0. The SMILES string of the molecule is CC1=C(/C=C/C(C)=C/C=C/C(C)=C/COCc2ccc(C)cc2)C(C)(C)CCC1. The maximum atomic E-state index is 5.75. The van der Waals surface area contributed by atoms with Gasteiger partial charge in [0.2, 0.25) is 0 Å². The van der Waals surface area contributed by atoms with Crippen molar-refractivity contribution in [2.45, 2.75) is 67.4 Å². The van der Waals surface area contributed by atoms with Gasteiger partial charge in [-0.2, -0.15) is 0 Å². The molecule has 2 rings (SSSR count). The van der Waals surface area contributed by atoms with Crippen molar-refractivity contribution < 1.29 is 4.74 Å². The first-order valence-corrected chi connectivity index (χ1v) is 10.8. The van der Waals surface area contributed by atoms with Gasteiger partial charge in [0.15, 0.2) is 0 Å². The van der Waals surface area contributed by atoms with E-state index in [1.807, 2.05) is 0 Å². The minimum Gasteiger partial charge on any atom is -0.373 e. The van der Waals surface area contributed by atoms with Crippen molar-refractivity contribution in [3.63, 3.8) is 0 Å². The van der Waals surface area contributed by atoms with E-state index in [0.717, 1.165) is 0 Å². The first kappa shape index (κ1) is 23.2. The molecule has 1 heteroatoms. The lowest BCUT2D eigenvalue weighted by Crippen LogP contribution is -2.19. The van der Waals surface area contributed by atoms with E-state index in [-0.39, 0.29) is 0 Å². The monoisotopic (exact) mass is 390 g/mol. The summed E-state index contributed by atoms with van der Waals surface area (Å²) in [6.07, 6.45) is 17.0. The standard InChI is InChI=1S/C28H38O/c1-22(14-17-27-25(4)11-8-19-28(27,5)6)9-7-10-23(2)18-20-29-21-26-15-12-24(3)13-16-26/h7,9-10,12-18H,8,11,19-21H2,1-6H3/b10-7+,17-14+,22-9+,23-18+. The largest absolute Gasteiger partial charge is 0.373 e. The number of hydrogen-bond acceptors (Lipinski definition) is 1. The van der Waals surface area contributed by atoms with Crippen molar-refractivity contribution >= 4 is 0 Å². The normalized spacial score (nSPS) is 18.3. The highest BCUT2D eigenvalue weighted by Gasteiger charge is 2.26. The van der Waals surface area contributed by atoms with Gasteiger partial charge < -0.3 is 4.74 Å². The number of aryl methyl sites for hydroxylation is 1. The summed E-state index contributed by atoms with van der Waals surface area (Å²) in [6.45, 7) is 14.7. The molecule has 156 valence electrons. The Kier molecular flexibility index (Phi) is 8.92. The average Bonchev–Trinajstić information content (AvgIpc) is 2.66. The fourth-order valence-corrected chi connectivity index (χ4v) is 3.75. The Labute approximate surface area is 178 Å². The molecule has 0 aromatic heterocycles. The second-order valence-electron chi connectivity index (χ2n) is 8.98. The van der Waals surface area contributed by atoms with Crippen molar-refractivity contribution in [1.29, 1.82) is 0 Å². The van der Waals surface area contributed by atoms with E-state index < -0.39 is 0 Å². The first-order chi connectivity index (χ1) is 13.8. The number of ether oxygens (including phenoxy) is 1. The van der Waals surface area contributed by atoms with Crippen LogP contribution in [0.4, 0.5) is 0 Å². The molecule has 0 heterocycles. The summed E-state index contributed by atoms with van der Waals surface area (Å²) in [5.74, 6) is 0. The molecule has 0 bridgehead atoms. The van der Waals surface area contributed by atoms with Crippen molar-refractivity contribution in [2.24, 2.45) is 5.41 Å². The average molecular weight is 391 g/mol. The van der Waals surface area contributed by atoms with Crippen LogP contribution < -0.4 is 0 Å². The van der Waals surface area contributed by atoms with Crippen LogP contribution in [-0.2, 0) is 11.3 Å². The minimum atomic E-state index is 0.298. The van der Waals surface area contributed by atoms with Crippen molar-refractivity contribution in [2.75, 3.05) is 6.61 Å². The smallest absolute Gasteiger partial charge is 0.0721 e. The minimum absolute atomic E-state index is 0.298. The van der Waals surface area contributed by atoms with Crippen LogP contribution in [0, 0.1) is 12.3 Å². The molecular weight excluding hydrogens is 352 g/mol. The molecule has 0 radical (unpaired) electrons. The Bertz CT molecular complexity index is 810. The Hall–Kier alpha value is -2.12. The van der Waals surface area contributed by atoms with Gasteiger partial charge in [0.25, 0.3) is 0 Å². The summed E-state index contributed by atoms with van der Waals surface area (Å²) < 4.78 is 5.75. The molecule has 0 spiro atoms. The van der Waals surface area contributed by atoms with Crippen LogP contribution in [0.15, 0.2) is 83.0 Å². The maximum absolute atomic E-state index is 5.75. The van der Waals surface area contributed by atoms with Crippen LogP contribution in [-0.4, -0.2) is 6.61 Å². The molecule has 1 aliphatic carbocycles. The van der Waals surface area contributed by atoms with E-state index >= 15 is 0 Å². The van der Waals surface area contributed by atoms with Gasteiger partial charge in [-0.3, -0.25) is 0 Å². The van der Waals surface area contributed by atoms with E-state index in [0.29, 0.717) is 18.6 Å². The topological polar surface area (TPSA) is 9.23 Å². The van der Waals surface area contributed by atoms with E-state index in [1.165, 1.54) is 47.1 Å². The second kappa shape index (κ2) is 11.2. The van der Waals surface area contributed by atoms with Gasteiger partial charge in [0, 0.05) is 0 Å². The molecule has 0 saturated carbocycles. The van der Waals surface area contributed by atoms with E-state index in [4.69, 9.17) is 4.74 Å². The Morgan fingerprint density at radius 3 is 2.45 bits per heavy atom. The lowest BCUT2D eigenvalue weighted by Gasteiger charge is -2.32. The molecule has 0 aliphatic heterocycles. The fraction of sp³-hybridized carbons (Fsp3) is 0.429. The van der Waals surface area contributed by atoms with E-state index in [9.17, 15) is 0 Å². The molecule has 1 aromatic carbocycles. The van der Waals surface area contributed by atoms with Gasteiger partial charge in [-0.15, -0.1) is 0 Å². The van der Waals surface area contributed by atoms with Crippen LogP contribution in [0.25, 0.3) is 0 Å². The van der Waals surface area contributed by atoms with Gasteiger partial charge in [-0.05, 0) is 63.5 Å². The van der Waals surface area contributed by atoms with Crippen LogP contribution in [0.3, 0.4) is 0 Å². The van der Waals surface area contributed by atoms with Gasteiger partial charge in [-0.1, -0.05) is 96.9 Å². The molecular formula is C28H38O. The first-order valence-electron chi connectivity index (χ1n) is 10.8. The Morgan fingerprint density at radius 2 is 1.76 bits per heavy atom. The third-order valence-electron chi connectivity index (χ3n) is 5.69. The van der Waals surface area contributed by atoms with Crippen LogP contribution in [0.1, 0.15) is 65.0 Å². The van der Waals surface area contributed by atoms with Crippen molar-refractivity contribution in [3.05, 3.63) is 94.1 Å². The van der Waals surface area contributed by atoms with Gasteiger partial charge in [0.1, 0.15) is 0 Å². The summed E-state index contributed by atoms with van der Waals surface area (Å²) in [6, 6.07) is 8.50. The summed E-state index contributed by atoms with van der Waals surface area (Å²) in [5, 5.41) is 0. The number of benzene rings is 1. The lowest BCUT2D eigenvalue weighted by atomic mass is 9.72. The fourth-order valence-electron chi connectivity index (χ4n) is 3.75. The molecule has 29 heavy (non-hydrogen) atoms. The molecule has 1 aromatic rings. The van der Waals surface area contributed by atoms with Crippen LogP contribution >= 0.6 is 0 Å². The second-order valence-corrected chi connectivity index (χ2v) is 8.98. The molecule has 0 atom stereocenters. The maximum Gasteiger partial charge on any atom is 0.0721 e. The van der Waals surface area contributed by atoms with E-state index in [2.05, 4.69) is 102 Å². The zero-order chi connectivity index (χ0) is 21.3. The zero-order valence-electron chi connectivity index (χ0n) is 19.2. The number of hydrogen-bond donors (Lipinski definition) is 0.